The Labute approximate surface area is 153 Å². The first-order valence-electron chi connectivity index (χ1n) is 8.99. The summed E-state index contributed by atoms with van der Waals surface area (Å²) in [6, 6.07) is 6.45. The SMILES string of the molecule is CCN(CC)c1cnc(C(=O)N2CCN(c3ccc(F)cc3)CC2)cn1. The number of nitrogens with zero attached hydrogens (tertiary/aromatic N) is 5. The van der Waals surface area contributed by atoms with E-state index >= 15 is 0 Å². The minimum atomic E-state index is -0.241. The zero-order valence-corrected chi connectivity index (χ0v) is 15.2. The summed E-state index contributed by atoms with van der Waals surface area (Å²) in [4.78, 5) is 27.4. The average Bonchev–Trinajstić information content (AvgIpc) is 2.70. The topological polar surface area (TPSA) is 52.6 Å². The number of aromatic nitrogens is 2. The minimum absolute atomic E-state index is 0.0950. The Bertz CT molecular complexity index is 723. The molecular weight excluding hydrogens is 333 g/mol. The van der Waals surface area contributed by atoms with E-state index in [0.717, 1.165) is 24.6 Å². The van der Waals surface area contributed by atoms with Crippen LogP contribution in [0.3, 0.4) is 0 Å². The summed E-state index contributed by atoms with van der Waals surface area (Å²) in [6.07, 6.45) is 3.22. The first-order chi connectivity index (χ1) is 12.6. The van der Waals surface area contributed by atoms with Gasteiger partial charge in [0.1, 0.15) is 17.3 Å². The van der Waals surface area contributed by atoms with Gasteiger partial charge in [-0.05, 0) is 38.1 Å². The van der Waals surface area contributed by atoms with E-state index in [1.807, 2.05) is 0 Å². The van der Waals surface area contributed by atoms with Crippen LogP contribution in [0.4, 0.5) is 15.9 Å². The summed E-state index contributed by atoms with van der Waals surface area (Å²) >= 11 is 0. The van der Waals surface area contributed by atoms with Crippen LogP contribution in [0.15, 0.2) is 36.7 Å². The molecule has 1 amide bonds. The molecule has 2 heterocycles. The van der Waals surface area contributed by atoms with Gasteiger partial charge in [-0.2, -0.15) is 0 Å². The fourth-order valence-electron chi connectivity index (χ4n) is 3.12. The second-order valence-electron chi connectivity index (χ2n) is 6.19. The molecule has 3 rings (SSSR count). The Kier molecular flexibility index (Phi) is 5.65. The van der Waals surface area contributed by atoms with Gasteiger partial charge >= 0.3 is 0 Å². The molecule has 2 aromatic rings. The fraction of sp³-hybridized carbons (Fsp3) is 0.421. The molecule has 1 aromatic heterocycles. The zero-order valence-electron chi connectivity index (χ0n) is 15.2. The van der Waals surface area contributed by atoms with Crippen LogP contribution in [0.5, 0.6) is 0 Å². The van der Waals surface area contributed by atoms with E-state index in [9.17, 15) is 9.18 Å². The zero-order chi connectivity index (χ0) is 18.5. The maximum absolute atomic E-state index is 13.0. The van der Waals surface area contributed by atoms with Crippen molar-refractivity contribution in [1.29, 1.82) is 0 Å². The highest BCUT2D eigenvalue weighted by molar-refractivity contribution is 5.92. The molecule has 1 aliphatic rings. The van der Waals surface area contributed by atoms with Crippen molar-refractivity contribution in [3.8, 4) is 0 Å². The molecule has 1 fully saturated rings. The molecule has 0 unspecified atom stereocenters. The Morgan fingerprint density at radius 2 is 1.69 bits per heavy atom. The van der Waals surface area contributed by atoms with Crippen molar-refractivity contribution in [3.05, 3.63) is 48.2 Å². The van der Waals surface area contributed by atoms with E-state index in [2.05, 4.69) is 33.6 Å². The maximum Gasteiger partial charge on any atom is 0.274 e. The van der Waals surface area contributed by atoms with E-state index < -0.39 is 0 Å². The summed E-state index contributed by atoms with van der Waals surface area (Å²) < 4.78 is 13.0. The van der Waals surface area contributed by atoms with E-state index in [0.29, 0.717) is 31.9 Å². The fourth-order valence-corrected chi connectivity index (χ4v) is 3.12. The predicted molar refractivity (Wildman–Crippen MR) is 100 cm³/mol. The third-order valence-corrected chi connectivity index (χ3v) is 4.70. The average molecular weight is 357 g/mol. The smallest absolute Gasteiger partial charge is 0.274 e. The van der Waals surface area contributed by atoms with Gasteiger partial charge in [-0.25, -0.2) is 14.4 Å². The third-order valence-electron chi connectivity index (χ3n) is 4.70. The van der Waals surface area contributed by atoms with Gasteiger partial charge in [-0.1, -0.05) is 0 Å². The van der Waals surface area contributed by atoms with Gasteiger partial charge in [-0.3, -0.25) is 4.79 Å². The molecule has 0 spiro atoms. The number of carbonyl (C=O) groups excluding carboxylic acids is 1. The number of piperazine rings is 1. The number of halogens is 1. The van der Waals surface area contributed by atoms with Crippen molar-refractivity contribution >= 4 is 17.4 Å². The molecule has 7 heteroatoms. The van der Waals surface area contributed by atoms with Crippen LogP contribution in [0.25, 0.3) is 0 Å². The van der Waals surface area contributed by atoms with Crippen molar-refractivity contribution in [2.75, 3.05) is 49.1 Å². The van der Waals surface area contributed by atoms with Crippen molar-refractivity contribution in [1.82, 2.24) is 14.9 Å². The van der Waals surface area contributed by atoms with Crippen LogP contribution < -0.4 is 9.80 Å². The number of hydrogen-bond donors (Lipinski definition) is 0. The van der Waals surface area contributed by atoms with Gasteiger partial charge < -0.3 is 14.7 Å². The number of carbonyl (C=O) groups is 1. The summed E-state index contributed by atoms with van der Waals surface area (Å²) in [6.45, 7) is 8.46. The van der Waals surface area contributed by atoms with Gasteiger partial charge in [0.15, 0.2) is 0 Å². The lowest BCUT2D eigenvalue weighted by Crippen LogP contribution is -2.49. The Morgan fingerprint density at radius 1 is 1.04 bits per heavy atom. The quantitative estimate of drug-likeness (QED) is 0.823. The molecule has 6 nitrogen and oxygen atoms in total. The largest absolute Gasteiger partial charge is 0.368 e. The van der Waals surface area contributed by atoms with Crippen molar-refractivity contribution in [2.24, 2.45) is 0 Å². The Hall–Kier alpha value is -2.70. The van der Waals surface area contributed by atoms with E-state index in [-0.39, 0.29) is 11.7 Å². The van der Waals surface area contributed by atoms with E-state index in [1.165, 1.54) is 12.1 Å². The monoisotopic (exact) mass is 357 g/mol. The Morgan fingerprint density at radius 3 is 2.23 bits per heavy atom. The molecule has 0 N–H and O–H groups in total. The minimum Gasteiger partial charge on any atom is -0.368 e. The third kappa shape index (κ3) is 3.92. The molecule has 26 heavy (non-hydrogen) atoms. The number of rotatable bonds is 5. The molecular formula is C19H24FN5O. The van der Waals surface area contributed by atoms with Crippen LogP contribution in [0.2, 0.25) is 0 Å². The van der Waals surface area contributed by atoms with Gasteiger partial charge in [0.25, 0.3) is 5.91 Å². The molecule has 0 aliphatic carbocycles. The first kappa shape index (κ1) is 18.1. The molecule has 1 aliphatic heterocycles. The second kappa shape index (κ2) is 8.12. The highest BCUT2D eigenvalue weighted by atomic mass is 19.1. The molecule has 0 bridgehead atoms. The second-order valence-corrected chi connectivity index (χ2v) is 6.19. The summed E-state index contributed by atoms with van der Waals surface area (Å²) in [5.74, 6) is 0.448. The lowest BCUT2D eigenvalue weighted by molar-refractivity contribution is 0.0740. The lowest BCUT2D eigenvalue weighted by atomic mass is 10.2. The number of benzene rings is 1. The van der Waals surface area contributed by atoms with Gasteiger partial charge in [0, 0.05) is 45.0 Å². The first-order valence-corrected chi connectivity index (χ1v) is 8.99. The predicted octanol–water partition coefficient (Wildman–Crippen LogP) is 2.42. The van der Waals surface area contributed by atoms with Crippen LogP contribution >= 0.6 is 0 Å². The van der Waals surface area contributed by atoms with E-state index in [4.69, 9.17) is 0 Å². The lowest BCUT2D eigenvalue weighted by Gasteiger charge is -2.36. The Balaban J connectivity index is 1.60. The molecule has 1 aromatic carbocycles. The standard InChI is InChI=1S/C19H24FN5O/c1-3-23(4-2)18-14-21-17(13-22-18)19(26)25-11-9-24(10-12-25)16-7-5-15(20)6-8-16/h5-8,13-14H,3-4,9-12H2,1-2H3. The molecule has 1 saturated heterocycles. The summed E-state index contributed by atoms with van der Waals surface area (Å²) in [5, 5.41) is 0. The summed E-state index contributed by atoms with van der Waals surface area (Å²) in [7, 11) is 0. The van der Waals surface area contributed by atoms with Crippen LogP contribution in [-0.2, 0) is 0 Å². The van der Waals surface area contributed by atoms with Crippen LogP contribution in [0.1, 0.15) is 24.3 Å². The van der Waals surface area contributed by atoms with Gasteiger partial charge in [-0.15, -0.1) is 0 Å². The molecule has 0 radical (unpaired) electrons. The maximum atomic E-state index is 13.0. The number of amides is 1. The number of hydrogen-bond acceptors (Lipinski definition) is 5. The molecule has 0 atom stereocenters. The number of anilines is 2. The van der Waals surface area contributed by atoms with Crippen molar-refractivity contribution in [2.45, 2.75) is 13.8 Å². The van der Waals surface area contributed by atoms with Crippen molar-refractivity contribution < 1.29 is 9.18 Å². The summed E-state index contributed by atoms with van der Waals surface area (Å²) in [5.41, 5.74) is 1.35. The molecule has 0 saturated carbocycles. The van der Waals surface area contributed by atoms with Crippen LogP contribution in [-0.4, -0.2) is 60.0 Å². The van der Waals surface area contributed by atoms with Crippen molar-refractivity contribution in [3.63, 3.8) is 0 Å². The highest BCUT2D eigenvalue weighted by Crippen LogP contribution is 2.18. The van der Waals surface area contributed by atoms with Gasteiger partial charge in [0.05, 0.1) is 12.4 Å². The normalized spacial score (nSPS) is 14.4. The molecule has 138 valence electrons. The van der Waals surface area contributed by atoms with E-state index in [1.54, 1.807) is 29.4 Å². The van der Waals surface area contributed by atoms with Crippen LogP contribution in [0, 0.1) is 5.82 Å². The highest BCUT2D eigenvalue weighted by Gasteiger charge is 2.23. The van der Waals surface area contributed by atoms with Gasteiger partial charge in [0.2, 0.25) is 0 Å².